The van der Waals surface area contributed by atoms with Crippen LogP contribution in [0.1, 0.15) is 36.0 Å². The lowest BCUT2D eigenvalue weighted by molar-refractivity contribution is 0.0952. The average molecular weight is 385 g/mol. The fraction of sp³-hybridized carbons (Fsp3) is 0.350. The van der Waals surface area contributed by atoms with Crippen LogP contribution >= 0.6 is 0 Å². The van der Waals surface area contributed by atoms with Crippen LogP contribution in [0, 0.1) is 11.6 Å². The second-order valence-corrected chi connectivity index (χ2v) is 6.99. The summed E-state index contributed by atoms with van der Waals surface area (Å²) in [7, 11) is 0. The highest BCUT2D eigenvalue weighted by atomic mass is 19.1. The first-order valence-electron chi connectivity index (χ1n) is 9.41. The Morgan fingerprint density at radius 1 is 1.04 bits per heavy atom. The van der Waals surface area contributed by atoms with Crippen LogP contribution in [0.5, 0.6) is 0 Å². The third-order valence-corrected chi connectivity index (χ3v) is 4.75. The summed E-state index contributed by atoms with van der Waals surface area (Å²) in [5.41, 5.74) is 1.21. The molecule has 3 heterocycles. The maximum atomic E-state index is 12.2. The van der Waals surface area contributed by atoms with Crippen LogP contribution in [-0.2, 0) is 0 Å². The number of nitrogens with zero attached hydrogens (tertiary/aromatic N) is 4. The molecule has 8 heteroatoms. The molecule has 6 nitrogen and oxygen atoms in total. The van der Waals surface area contributed by atoms with E-state index in [-0.39, 0.29) is 5.91 Å². The van der Waals surface area contributed by atoms with Gasteiger partial charge in [-0.25, -0.2) is 18.3 Å². The predicted octanol–water partition coefficient (Wildman–Crippen LogP) is 3.19. The van der Waals surface area contributed by atoms with Gasteiger partial charge in [0.05, 0.1) is 6.20 Å². The molecule has 1 saturated carbocycles. The Bertz CT molecular complexity index is 941. The lowest BCUT2D eigenvalue weighted by Gasteiger charge is -2.16. The third kappa shape index (κ3) is 4.27. The number of hydrogen-bond acceptors (Lipinski definition) is 4. The molecule has 0 bridgehead atoms. The van der Waals surface area contributed by atoms with E-state index in [1.165, 1.54) is 12.8 Å². The van der Waals surface area contributed by atoms with Gasteiger partial charge in [0.1, 0.15) is 23.0 Å². The number of carbonyl (C=O) groups is 1. The first-order valence-corrected chi connectivity index (χ1v) is 9.41. The molecule has 1 N–H and O–H groups in total. The number of nitrogens with one attached hydrogen (secondary N) is 1. The zero-order valence-corrected chi connectivity index (χ0v) is 15.3. The molecule has 28 heavy (non-hydrogen) atoms. The molecule has 2 fully saturated rings. The molecule has 3 aromatic rings. The smallest absolute Gasteiger partial charge is 0.256 e. The van der Waals surface area contributed by atoms with Gasteiger partial charge in [-0.3, -0.25) is 4.79 Å². The maximum absolute atomic E-state index is 12.2. The van der Waals surface area contributed by atoms with Gasteiger partial charge in [-0.1, -0.05) is 0 Å². The predicted molar refractivity (Wildman–Crippen MR) is 101 cm³/mol. The second-order valence-electron chi connectivity index (χ2n) is 6.99. The highest BCUT2D eigenvalue weighted by Gasteiger charge is 2.26. The molecule has 1 aromatic carbocycles. The normalized spacial score (nSPS) is 16.0. The molecular formula is C20H21F2N5O. The lowest BCUT2D eigenvalue weighted by Crippen LogP contribution is -2.25. The van der Waals surface area contributed by atoms with Crippen molar-refractivity contribution in [2.75, 3.05) is 18.0 Å². The van der Waals surface area contributed by atoms with E-state index < -0.39 is 11.6 Å². The lowest BCUT2D eigenvalue weighted by atomic mass is 10.3. The van der Waals surface area contributed by atoms with Gasteiger partial charge in [0.2, 0.25) is 0 Å². The largest absolute Gasteiger partial charge is 0.357 e. The zero-order valence-electron chi connectivity index (χ0n) is 15.3. The molecule has 0 atom stereocenters. The van der Waals surface area contributed by atoms with Gasteiger partial charge in [0, 0.05) is 25.3 Å². The minimum atomic E-state index is -0.411. The summed E-state index contributed by atoms with van der Waals surface area (Å²) in [4.78, 5) is 19.1. The van der Waals surface area contributed by atoms with Gasteiger partial charge in [-0.05, 0) is 56.0 Å². The van der Waals surface area contributed by atoms with E-state index in [0.717, 1.165) is 56.0 Å². The monoisotopic (exact) mass is 385 g/mol. The summed E-state index contributed by atoms with van der Waals surface area (Å²) in [5, 5.41) is 7.20. The summed E-state index contributed by atoms with van der Waals surface area (Å²) in [6, 6.07) is 6.63. The van der Waals surface area contributed by atoms with Crippen LogP contribution in [0.15, 0.2) is 42.7 Å². The Labute approximate surface area is 161 Å². The number of hydrogen-bond donors (Lipinski definition) is 1. The highest BCUT2D eigenvalue weighted by molar-refractivity contribution is 6.00. The molecule has 1 aliphatic heterocycles. The fourth-order valence-electron chi connectivity index (χ4n) is 3.06. The Kier molecular flexibility index (Phi) is 5.18. The summed E-state index contributed by atoms with van der Waals surface area (Å²) in [6.45, 7) is 2.09. The SMILES string of the molecule is Fc1ccc(F)cc1.O=C(NC1CC1)c1cnn2ccc(N3CCCC3)nc12. The quantitative estimate of drug-likeness (QED) is 0.752. The molecular weight excluding hydrogens is 364 g/mol. The first kappa shape index (κ1) is 18.3. The molecule has 0 radical (unpaired) electrons. The van der Waals surface area contributed by atoms with Gasteiger partial charge in [0.15, 0.2) is 5.65 Å². The third-order valence-electron chi connectivity index (χ3n) is 4.75. The molecule has 146 valence electrons. The number of rotatable bonds is 3. The number of amides is 1. The summed E-state index contributed by atoms with van der Waals surface area (Å²) in [5.74, 6) is 0.0577. The second kappa shape index (κ2) is 7.92. The summed E-state index contributed by atoms with van der Waals surface area (Å²) in [6.07, 6.45) is 8.06. The standard InChI is InChI=1S/C14H17N5O.C6H4F2/c20-14(16-10-3-4-10)11-9-15-19-8-5-12(17-13(11)19)18-6-1-2-7-18;7-5-1-2-6(8)4-3-5/h5,8-10H,1-4,6-7H2,(H,16,20);1-4H. The van der Waals surface area contributed by atoms with Crippen LogP contribution in [-0.4, -0.2) is 39.6 Å². The van der Waals surface area contributed by atoms with E-state index in [4.69, 9.17) is 0 Å². The Morgan fingerprint density at radius 2 is 1.68 bits per heavy atom. The van der Waals surface area contributed by atoms with E-state index in [0.29, 0.717) is 17.3 Å². The van der Waals surface area contributed by atoms with Crippen molar-refractivity contribution in [1.82, 2.24) is 19.9 Å². The topological polar surface area (TPSA) is 62.5 Å². The number of anilines is 1. The molecule has 2 aromatic heterocycles. The van der Waals surface area contributed by atoms with Gasteiger partial charge >= 0.3 is 0 Å². The van der Waals surface area contributed by atoms with Crippen molar-refractivity contribution in [1.29, 1.82) is 0 Å². The van der Waals surface area contributed by atoms with E-state index in [1.54, 1.807) is 10.7 Å². The Hall–Kier alpha value is -3.03. The molecule has 1 aliphatic carbocycles. The molecule has 1 amide bonds. The van der Waals surface area contributed by atoms with Crippen molar-refractivity contribution in [3.63, 3.8) is 0 Å². The van der Waals surface area contributed by atoms with Crippen LogP contribution in [0.2, 0.25) is 0 Å². The minimum Gasteiger partial charge on any atom is -0.357 e. The van der Waals surface area contributed by atoms with Crippen molar-refractivity contribution in [2.24, 2.45) is 0 Å². The van der Waals surface area contributed by atoms with E-state index in [2.05, 4.69) is 20.3 Å². The average Bonchev–Trinajstić information content (AvgIpc) is 3.19. The van der Waals surface area contributed by atoms with E-state index in [1.807, 2.05) is 12.3 Å². The van der Waals surface area contributed by atoms with Crippen molar-refractivity contribution in [3.05, 3.63) is 59.9 Å². The first-order chi connectivity index (χ1) is 13.6. The Balaban J connectivity index is 0.000000203. The molecule has 0 unspecified atom stereocenters. The zero-order chi connectivity index (χ0) is 19.5. The van der Waals surface area contributed by atoms with Gasteiger partial charge in [-0.15, -0.1) is 0 Å². The van der Waals surface area contributed by atoms with Gasteiger partial charge in [-0.2, -0.15) is 5.10 Å². The van der Waals surface area contributed by atoms with Gasteiger partial charge < -0.3 is 10.2 Å². The van der Waals surface area contributed by atoms with Crippen LogP contribution in [0.25, 0.3) is 5.65 Å². The van der Waals surface area contributed by atoms with Crippen molar-refractivity contribution in [2.45, 2.75) is 31.7 Å². The number of halogens is 2. The van der Waals surface area contributed by atoms with Gasteiger partial charge in [0.25, 0.3) is 5.91 Å². The van der Waals surface area contributed by atoms with E-state index >= 15 is 0 Å². The summed E-state index contributed by atoms with van der Waals surface area (Å²) < 4.78 is 25.5. The molecule has 1 saturated heterocycles. The van der Waals surface area contributed by atoms with Crippen molar-refractivity contribution < 1.29 is 13.6 Å². The van der Waals surface area contributed by atoms with Crippen LogP contribution in [0.3, 0.4) is 0 Å². The van der Waals surface area contributed by atoms with Crippen LogP contribution in [0.4, 0.5) is 14.6 Å². The highest BCUT2D eigenvalue weighted by Crippen LogP contribution is 2.22. The van der Waals surface area contributed by atoms with E-state index in [9.17, 15) is 13.6 Å². The van der Waals surface area contributed by atoms with Crippen molar-refractivity contribution >= 4 is 17.4 Å². The number of carbonyl (C=O) groups excluding carboxylic acids is 1. The Morgan fingerprint density at radius 3 is 2.29 bits per heavy atom. The van der Waals surface area contributed by atoms with Crippen LogP contribution < -0.4 is 10.2 Å². The number of fused-ring (bicyclic) bond motifs is 1. The fourth-order valence-corrected chi connectivity index (χ4v) is 3.06. The molecule has 2 aliphatic rings. The summed E-state index contributed by atoms with van der Waals surface area (Å²) >= 11 is 0. The van der Waals surface area contributed by atoms with Crippen molar-refractivity contribution in [3.8, 4) is 0 Å². The maximum Gasteiger partial charge on any atom is 0.256 e. The number of benzene rings is 1. The molecule has 0 spiro atoms. The minimum absolute atomic E-state index is 0.0615. The number of aromatic nitrogens is 3. The molecule has 5 rings (SSSR count).